The molecule has 0 saturated carbocycles. The third-order valence-electron chi connectivity index (χ3n) is 3.67. The van der Waals surface area contributed by atoms with Gasteiger partial charge >= 0.3 is 6.03 Å². The van der Waals surface area contributed by atoms with Crippen LogP contribution >= 0.6 is 0 Å². The summed E-state index contributed by atoms with van der Waals surface area (Å²) in [5.74, 6) is 2.13. The molecule has 28 heavy (non-hydrogen) atoms. The molecular formula is C21H27N3O4. The second-order valence-corrected chi connectivity index (χ2v) is 6.25. The van der Waals surface area contributed by atoms with Crippen LogP contribution in [0.15, 0.2) is 41.5 Å². The van der Waals surface area contributed by atoms with E-state index in [0.29, 0.717) is 31.3 Å². The van der Waals surface area contributed by atoms with E-state index >= 15 is 0 Å². The number of hydrogen-bond acceptors (Lipinski definition) is 5. The van der Waals surface area contributed by atoms with Gasteiger partial charge in [-0.15, -0.1) is 0 Å². The molecule has 0 bridgehead atoms. The average Bonchev–Trinajstić information content (AvgIpc) is 2.62. The molecule has 0 heterocycles. The number of benzene rings is 2. The molecule has 0 fully saturated rings. The van der Waals surface area contributed by atoms with Gasteiger partial charge in [-0.05, 0) is 67.8 Å². The first-order valence-electron chi connectivity index (χ1n) is 9.17. The van der Waals surface area contributed by atoms with Crippen LogP contribution in [0.2, 0.25) is 0 Å². The molecule has 2 aromatic carbocycles. The maximum atomic E-state index is 10.7. The molecule has 3 N–H and O–H groups in total. The van der Waals surface area contributed by atoms with Gasteiger partial charge in [-0.25, -0.2) is 10.2 Å². The van der Waals surface area contributed by atoms with Crippen molar-refractivity contribution in [1.29, 1.82) is 0 Å². The van der Waals surface area contributed by atoms with Gasteiger partial charge in [0.25, 0.3) is 0 Å². The van der Waals surface area contributed by atoms with Crippen molar-refractivity contribution in [2.45, 2.75) is 27.2 Å². The number of hydrazone groups is 1. The van der Waals surface area contributed by atoms with Gasteiger partial charge in [-0.3, -0.25) is 0 Å². The van der Waals surface area contributed by atoms with Gasteiger partial charge in [-0.2, -0.15) is 5.10 Å². The lowest BCUT2D eigenvalue weighted by Crippen LogP contribution is -2.24. The second-order valence-electron chi connectivity index (χ2n) is 6.25. The highest BCUT2D eigenvalue weighted by molar-refractivity contribution is 5.82. The Labute approximate surface area is 165 Å². The number of rotatable bonds is 10. The Bertz CT molecular complexity index is 801. The third-order valence-corrected chi connectivity index (χ3v) is 3.67. The largest absolute Gasteiger partial charge is 0.493 e. The molecular weight excluding hydrogens is 358 g/mol. The molecule has 7 heteroatoms. The zero-order valence-corrected chi connectivity index (χ0v) is 16.5. The minimum absolute atomic E-state index is 0.502. The first-order valence-corrected chi connectivity index (χ1v) is 9.17. The van der Waals surface area contributed by atoms with Crippen molar-refractivity contribution in [1.82, 2.24) is 5.43 Å². The maximum Gasteiger partial charge on any atom is 0.332 e. The summed E-state index contributed by atoms with van der Waals surface area (Å²) < 4.78 is 17.3. The molecule has 0 radical (unpaired) electrons. The maximum absolute atomic E-state index is 10.7. The average molecular weight is 385 g/mol. The highest BCUT2D eigenvalue weighted by Crippen LogP contribution is 2.28. The van der Waals surface area contributed by atoms with Gasteiger partial charge < -0.3 is 19.9 Å². The van der Waals surface area contributed by atoms with Crippen LogP contribution in [0.3, 0.4) is 0 Å². The quantitative estimate of drug-likeness (QED) is 0.371. The van der Waals surface area contributed by atoms with Crippen molar-refractivity contribution in [2.24, 2.45) is 10.8 Å². The number of nitrogens with two attached hydrogens (primary N) is 1. The third kappa shape index (κ3) is 7.19. The summed E-state index contributed by atoms with van der Waals surface area (Å²) in [6.45, 7) is 7.58. The van der Waals surface area contributed by atoms with Crippen molar-refractivity contribution in [3.8, 4) is 17.2 Å². The normalized spacial score (nSPS) is 10.7. The summed E-state index contributed by atoms with van der Waals surface area (Å²) in [5.41, 5.74) is 10.2. The molecule has 2 rings (SSSR count). The van der Waals surface area contributed by atoms with E-state index < -0.39 is 6.03 Å². The molecule has 0 spiro atoms. The van der Waals surface area contributed by atoms with Crippen molar-refractivity contribution < 1.29 is 19.0 Å². The van der Waals surface area contributed by atoms with E-state index in [1.807, 2.05) is 25.1 Å². The Kier molecular flexibility index (Phi) is 8.14. The molecule has 0 unspecified atom stereocenters. The number of aryl methyl sites for hydroxylation is 2. The number of carbonyl (C=O) groups is 1. The van der Waals surface area contributed by atoms with E-state index in [1.54, 1.807) is 12.1 Å². The van der Waals surface area contributed by atoms with Crippen LogP contribution in [0.1, 0.15) is 30.0 Å². The summed E-state index contributed by atoms with van der Waals surface area (Å²) in [4.78, 5) is 10.7. The molecule has 0 aliphatic heterocycles. The predicted octanol–water partition coefficient (Wildman–Crippen LogP) is 3.55. The Morgan fingerprint density at radius 2 is 1.75 bits per heavy atom. The topological polar surface area (TPSA) is 95.2 Å². The number of ether oxygens (including phenoxy) is 3. The number of urea groups is 1. The molecule has 0 aromatic heterocycles. The minimum atomic E-state index is -0.718. The molecule has 7 nitrogen and oxygen atoms in total. The molecule has 150 valence electrons. The Balaban J connectivity index is 1.86. The monoisotopic (exact) mass is 385 g/mol. The van der Waals surface area contributed by atoms with Gasteiger partial charge in [0.1, 0.15) is 5.75 Å². The minimum Gasteiger partial charge on any atom is -0.493 e. The highest BCUT2D eigenvalue weighted by atomic mass is 16.5. The van der Waals surface area contributed by atoms with E-state index in [4.69, 9.17) is 19.9 Å². The first-order chi connectivity index (χ1) is 13.5. The molecule has 2 aromatic rings. The fourth-order valence-electron chi connectivity index (χ4n) is 2.61. The summed E-state index contributed by atoms with van der Waals surface area (Å²) in [5, 5.41) is 3.74. The number of nitrogens with zero attached hydrogens (tertiary/aromatic N) is 1. The lowest BCUT2D eigenvalue weighted by Gasteiger charge is -2.13. The number of carbonyl (C=O) groups excluding carboxylic acids is 1. The lowest BCUT2D eigenvalue weighted by molar-refractivity contribution is 0.236. The molecule has 0 saturated heterocycles. The number of primary amides is 1. The number of hydrogen-bond donors (Lipinski definition) is 2. The van der Waals surface area contributed by atoms with Crippen LogP contribution in [0.25, 0.3) is 0 Å². The van der Waals surface area contributed by atoms with Gasteiger partial charge in [0.05, 0.1) is 26.0 Å². The van der Waals surface area contributed by atoms with Gasteiger partial charge in [0.15, 0.2) is 11.5 Å². The van der Waals surface area contributed by atoms with Crippen LogP contribution in [0.4, 0.5) is 4.79 Å². The van der Waals surface area contributed by atoms with E-state index in [0.717, 1.165) is 17.7 Å². The fourth-order valence-corrected chi connectivity index (χ4v) is 2.61. The summed E-state index contributed by atoms with van der Waals surface area (Å²) in [7, 11) is 0. The van der Waals surface area contributed by atoms with E-state index in [-0.39, 0.29) is 0 Å². The number of amides is 2. The Morgan fingerprint density at radius 1 is 1.04 bits per heavy atom. The summed E-state index contributed by atoms with van der Waals surface area (Å²) in [6.07, 6.45) is 2.22. The standard InChI is InChI=1S/C21H27N3O4/c1-4-26-20-13-17(14-23-24-21(22)25)6-7-19(20)28-9-5-8-27-18-11-15(2)10-16(3)12-18/h6-7,10-14H,4-5,8-9H2,1-3H3,(H3,22,24,25)/b23-14-. The van der Waals surface area contributed by atoms with E-state index in [1.165, 1.54) is 17.3 Å². The SMILES string of the molecule is CCOc1cc(/C=N\NC(N)=O)ccc1OCCCOc1cc(C)cc(C)c1. The van der Waals surface area contributed by atoms with E-state index in [9.17, 15) is 4.79 Å². The van der Waals surface area contributed by atoms with Crippen molar-refractivity contribution in [3.63, 3.8) is 0 Å². The zero-order chi connectivity index (χ0) is 20.4. The molecule has 2 amide bonds. The van der Waals surface area contributed by atoms with Crippen LogP contribution in [-0.4, -0.2) is 32.1 Å². The van der Waals surface area contributed by atoms with Crippen molar-refractivity contribution >= 4 is 12.2 Å². The van der Waals surface area contributed by atoms with Crippen LogP contribution in [0, 0.1) is 13.8 Å². The Hall–Kier alpha value is -3.22. The van der Waals surface area contributed by atoms with Crippen LogP contribution < -0.4 is 25.4 Å². The van der Waals surface area contributed by atoms with Gasteiger partial charge in [-0.1, -0.05) is 6.07 Å². The summed E-state index contributed by atoms with van der Waals surface area (Å²) >= 11 is 0. The number of nitrogens with one attached hydrogen (secondary N) is 1. The van der Waals surface area contributed by atoms with Gasteiger partial charge in [0.2, 0.25) is 0 Å². The smallest absolute Gasteiger partial charge is 0.332 e. The van der Waals surface area contributed by atoms with Gasteiger partial charge in [0, 0.05) is 6.42 Å². The molecule has 0 atom stereocenters. The van der Waals surface area contributed by atoms with Crippen molar-refractivity contribution in [2.75, 3.05) is 19.8 Å². The van der Waals surface area contributed by atoms with Crippen LogP contribution in [0.5, 0.6) is 17.2 Å². The first kappa shape index (κ1) is 21.1. The summed E-state index contributed by atoms with van der Waals surface area (Å²) in [6, 6.07) is 10.9. The highest BCUT2D eigenvalue weighted by Gasteiger charge is 2.06. The predicted molar refractivity (Wildman–Crippen MR) is 109 cm³/mol. The molecule has 0 aliphatic carbocycles. The fraction of sp³-hybridized carbons (Fsp3) is 0.333. The second kappa shape index (κ2) is 10.8. The van der Waals surface area contributed by atoms with Crippen LogP contribution in [-0.2, 0) is 0 Å². The molecule has 0 aliphatic rings. The van der Waals surface area contributed by atoms with E-state index in [2.05, 4.69) is 30.4 Å². The zero-order valence-electron chi connectivity index (χ0n) is 16.5. The Morgan fingerprint density at radius 3 is 2.43 bits per heavy atom. The lowest BCUT2D eigenvalue weighted by atomic mass is 10.1. The van der Waals surface area contributed by atoms with Crippen molar-refractivity contribution in [3.05, 3.63) is 53.1 Å².